The Morgan fingerprint density at radius 3 is 2.72 bits per heavy atom. The normalized spacial score (nSPS) is 16.9. The van der Waals surface area contributed by atoms with E-state index in [-0.39, 0.29) is 47.4 Å². The Hall–Kier alpha value is -2.69. The third-order valence-electron chi connectivity index (χ3n) is 4.99. The van der Waals surface area contributed by atoms with Gasteiger partial charge in [0.2, 0.25) is 5.88 Å². The van der Waals surface area contributed by atoms with E-state index >= 15 is 0 Å². The number of piperazine rings is 1. The van der Waals surface area contributed by atoms with Gasteiger partial charge in [-0.05, 0) is 30.7 Å². The molecule has 11 heteroatoms. The summed E-state index contributed by atoms with van der Waals surface area (Å²) in [6.07, 6.45) is 1.26. The zero-order valence-corrected chi connectivity index (χ0v) is 18.9. The van der Waals surface area contributed by atoms with Crippen LogP contribution in [0.3, 0.4) is 0 Å². The Bertz CT molecular complexity index is 1110. The highest BCUT2D eigenvalue weighted by Crippen LogP contribution is 2.23. The predicted octanol–water partition coefficient (Wildman–Crippen LogP) is 2.89. The van der Waals surface area contributed by atoms with Crippen molar-refractivity contribution in [3.05, 3.63) is 70.8 Å². The lowest BCUT2D eigenvalue weighted by Crippen LogP contribution is -2.53. The van der Waals surface area contributed by atoms with Crippen LogP contribution in [0.25, 0.3) is 0 Å². The molecular formula is C21H23ClFN3O5S. The topological polar surface area (TPSA) is 100 Å². The number of nitrogens with zero attached hydrogens (tertiary/aromatic N) is 3. The lowest BCUT2D eigenvalue weighted by atomic mass is 10.1. The summed E-state index contributed by atoms with van der Waals surface area (Å²) >= 11 is 5.84. The summed E-state index contributed by atoms with van der Waals surface area (Å²) in [5.74, 6) is -1.46. The lowest BCUT2D eigenvalue weighted by Gasteiger charge is -2.42. The number of hydrogen-bond donors (Lipinski definition) is 1. The maximum Gasteiger partial charge on any atom is 0.269 e. The number of pyridine rings is 1. The number of hydrogen-bond acceptors (Lipinski definition) is 6. The Morgan fingerprint density at radius 1 is 1.38 bits per heavy atom. The fourth-order valence-electron chi connectivity index (χ4n) is 3.43. The van der Waals surface area contributed by atoms with Gasteiger partial charge in [-0.1, -0.05) is 30.3 Å². The van der Waals surface area contributed by atoms with Crippen LogP contribution in [0.4, 0.5) is 4.39 Å². The van der Waals surface area contributed by atoms with Crippen LogP contribution in [0.1, 0.15) is 18.1 Å². The molecular weight excluding hydrogens is 461 g/mol. The molecule has 2 heterocycles. The first-order valence-electron chi connectivity index (χ1n) is 9.71. The second-order valence-corrected chi connectivity index (χ2v) is 9.47. The number of amides is 1. The molecule has 1 aliphatic heterocycles. The van der Waals surface area contributed by atoms with E-state index in [1.807, 2.05) is 11.8 Å². The summed E-state index contributed by atoms with van der Waals surface area (Å²) in [5.41, 5.74) is 1.72. The van der Waals surface area contributed by atoms with Crippen LogP contribution in [-0.4, -0.2) is 59.4 Å². The minimum Gasteiger partial charge on any atom is -0.467 e. The van der Waals surface area contributed by atoms with E-state index in [4.69, 9.17) is 20.9 Å². The molecule has 1 aromatic carbocycles. The fourth-order valence-corrected chi connectivity index (χ4v) is 4.21. The van der Waals surface area contributed by atoms with Crippen molar-refractivity contribution in [3.63, 3.8) is 0 Å². The van der Waals surface area contributed by atoms with E-state index in [1.54, 1.807) is 17.0 Å². The number of benzene rings is 1. The molecule has 8 nitrogen and oxygen atoms in total. The Kier molecular flexibility index (Phi) is 7.37. The van der Waals surface area contributed by atoms with Crippen molar-refractivity contribution >= 4 is 27.6 Å². The van der Waals surface area contributed by atoms with Crippen molar-refractivity contribution < 1.29 is 26.9 Å². The van der Waals surface area contributed by atoms with Gasteiger partial charge in [-0.25, -0.2) is 9.37 Å². The number of carbonyl (C=O) groups excluding carboxylic acids is 1. The van der Waals surface area contributed by atoms with Gasteiger partial charge >= 0.3 is 0 Å². The lowest BCUT2D eigenvalue weighted by molar-refractivity contribution is -0.136. The molecule has 1 saturated heterocycles. The molecule has 0 saturated carbocycles. The van der Waals surface area contributed by atoms with Crippen LogP contribution in [0, 0.1) is 5.82 Å². The molecule has 1 fully saturated rings. The van der Waals surface area contributed by atoms with Crippen molar-refractivity contribution in [2.24, 2.45) is 0 Å². The van der Waals surface area contributed by atoms with Gasteiger partial charge in [0.1, 0.15) is 11.6 Å². The van der Waals surface area contributed by atoms with Gasteiger partial charge in [0, 0.05) is 36.6 Å². The summed E-state index contributed by atoms with van der Waals surface area (Å²) in [4.78, 5) is 20.3. The highest BCUT2D eigenvalue weighted by molar-refractivity contribution is 7.85. The molecule has 0 aliphatic carbocycles. The van der Waals surface area contributed by atoms with Gasteiger partial charge < -0.3 is 14.5 Å². The zero-order valence-electron chi connectivity index (χ0n) is 17.4. The van der Waals surface area contributed by atoms with E-state index in [2.05, 4.69) is 11.6 Å². The first-order chi connectivity index (χ1) is 15.0. The highest BCUT2D eigenvalue weighted by atomic mass is 35.5. The molecule has 2 aromatic rings. The van der Waals surface area contributed by atoms with Gasteiger partial charge in [-0.3, -0.25) is 9.35 Å². The van der Waals surface area contributed by atoms with Crippen molar-refractivity contribution in [1.82, 2.24) is 14.8 Å². The molecule has 32 heavy (non-hydrogen) atoms. The average Bonchev–Trinajstić information content (AvgIpc) is 2.70. The van der Waals surface area contributed by atoms with Crippen molar-refractivity contribution in [2.45, 2.75) is 25.3 Å². The van der Waals surface area contributed by atoms with E-state index in [1.165, 1.54) is 24.4 Å². The molecule has 3 rings (SSSR count). The van der Waals surface area contributed by atoms with Crippen LogP contribution < -0.4 is 4.74 Å². The summed E-state index contributed by atoms with van der Waals surface area (Å²) < 4.78 is 50.1. The molecule has 1 amide bonds. The van der Waals surface area contributed by atoms with E-state index < -0.39 is 15.9 Å². The van der Waals surface area contributed by atoms with E-state index in [0.29, 0.717) is 13.1 Å². The van der Waals surface area contributed by atoms with Crippen LogP contribution in [0.5, 0.6) is 5.88 Å². The maximum absolute atomic E-state index is 13.1. The molecule has 1 atom stereocenters. The molecule has 172 valence electrons. The average molecular weight is 484 g/mol. The zero-order chi connectivity index (χ0) is 23.5. The molecule has 0 bridgehead atoms. The van der Waals surface area contributed by atoms with Crippen molar-refractivity contribution in [2.75, 3.05) is 19.7 Å². The fraction of sp³-hybridized carbons (Fsp3) is 0.333. The third kappa shape index (κ3) is 6.41. The maximum atomic E-state index is 13.1. The summed E-state index contributed by atoms with van der Waals surface area (Å²) in [6.45, 7) is 6.95. The monoisotopic (exact) mass is 483 g/mol. The SMILES string of the molecule is C=C1CN(C(=O)COc2ncc(Cl)cc2CS(=O)(=O)O)[C@H](C)CN1Cc1ccc(F)cc1. The molecule has 0 radical (unpaired) electrons. The predicted molar refractivity (Wildman–Crippen MR) is 117 cm³/mol. The van der Waals surface area contributed by atoms with Crippen molar-refractivity contribution in [1.29, 1.82) is 0 Å². The van der Waals surface area contributed by atoms with Gasteiger partial charge in [0.25, 0.3) is 16.0 Å². The minimum absolute atomic E-state index is 0.0503. The van der Waals surface area contributed by atoms with Crippen LogP contribution in [-0.2, 0) is 27.2 Å². The second kappa shape index (κ2) is 9.85. The Balaban J connectivity index is 1.62. The summed E-state index contributed by atoms with van der Waals surface area (Å²) in [6, 6.07) is 7.39. The van der Waals surface area contributed by atoms with Crippen LogP contribution >= 0.6 is 11.6 Å². The quantitative estimate of drug-likeness (QED) is 0.604. The third-order valence-corrected chi connectivity index (χ3v) is 5.87. The number of aromatic nitrogens is 1. The largest absolute Gasteiger partial charge is 0.467 e. The minimum atomic E-state index is -4.34. The first-order valence-corrected chi connectivity index (χ1v) is 11.7. The highest BCUT2D eigenvalue weighted by Gasteiger charge is 2.30. The van der Waals surface area contributed by atoms with Crippen molar-refractivity contribution in [3.8, 4) is 5.88 Å². The standard InChI is InChI=1S/C21H23ClFN3O5S/c1-14-10-26(15(2)9-25(14)11-16-3-5-19(23)6-4-16)20(27)12-31-21-17(13-32(28,29)30)7-18(22)8-24-21/h3-8,15H,1,9-13H2,2H3,(H,28,29,30)/t15-/m1/s1. The van der Waals surface area contributed by atoms with E-state index in [9.17, 15) is 17.6 Å². The van der Waals surface area contributed by atoms with E-state index in [0.717, 1.165) is 11.3 Å². The van der Waals surface area contributed by atoms with Crippen LogP contribution in [0.15, 0.2) is 48.8 Å². The molecule has 0 spiro atoms. The number of halogens is 2. The molecule has 0 unspecified atom stereocenters. The number of rotatable bonds is 7. The summed E-state index contributed by atoms with van der Waals surface area (Å²) in [7, 11) is -4.34. The molecule has 1 aromatic heterocycles. The Labute approximate surface area is 191 Å². The first kappa shape index (κ1) is 24.0. The molecule has 1 aliphatic rings. The Morgan fingerprint density at radius 2 is 2.06 bits per heavy atom. The van der Waals surface area contributed by atoms with Gasteiger partial charge in [0.05, 0.1) is 11.6 Å². The second-order valence-electron chi connectivity index (χ2n) is 7.58. The molecule has 1 N–H and O–H groups in total. The van der Waals surface area contributed by atoms with Crippen LogP contribution in [0.2, 0.25) is 5.02 Å². The smallest absolute Gasteiger partial charge is 0.269 e. The summed E-state index contributed by atoms with van der Waals surface area (Å²) in [5, 5.41) is 0.171. The van der Waals surface area contributed by atoms with Gasteiger partial charge in [-0.15, -0.1) is 0 Å². The number of carbonyl (C=O) groups is 1. The van der Waals surface area contributed by atoms with Gasteiger partial charge in [0.15, 0.2) is 6.61 Å². The van der Waals surface area contributed by atoms with Gasteiger partial charge in [-0.2, -0.15) is 8.42 Å². The number of ether oxygens (including phenoxy) is 1.